The monoisotopic (exact) mass is 226 g/mol. The van der Waals surface area contributed by atoms with Gasteiger partial charge in [0.15, 0.2) is 0 Å². The fourth-order valence-corrected chi connectivity index (χ4v) is 3.38. The van der Waals surface area contributed by atoms with Crippen molar-refractivity contribution in [3.05, 3.63) is 0 Å². The first-order valence-electron chi connectivity index (χ1n) is 6.68. The molecule has 3 nitrogen and oxygen atoms in total. The standard InChI is InChI=1S/C13H26N2O/c1-4-13(15-8-6-14-7-9-15)5-10-16-12(2,3)11-13/h14H,4-11H2,1-3H3. The van der Waals surface area contributed by atoms with Crippen LogP contribution in [0.1, 0.15) is 40.0 Å². The minimum Gasteiger partial charge on any atom is -0.375 e. The van der Waals surface area contributed by atoms with Gasteiger partial charge in [0.05, 0.1) is 5.60 Å². The number of nitrogens with zero attached hydrogens (tertiary/aromatic N) is 1. The van der Waals surface area contributed by atoms with Crippen LogP contribution in [0.2, 0.25) is 0 Å². The van der Waals surface area contributed by atoms with Crippen molar-refractivity contribution in [3.8, 4) is 0 Å². The molecule has 94 valence electrons. The van der Waals surface area contributed by atoms with Crippen LogP contribution in [0.4, 0.5) is 0 Å². The summed E-state index contributed by atoms with van der Waals surface area (Å²) in [6, 6.07) is 0. The Bertz CT molecular complexity index is 236. The van der Waals surface area contributed by atoms with Crippen molar-refractivity contribution in [2.24, 2.45) is 0 Å². The van der Waals surface area contributed by atoms with E-state index in [2.05, 4.69) is 31.0 Å². The minimum absolute atomic E-state index is 0.0547. The summed E-state index contributed by atoms with van der Waals surface area (Å²) in [5.41, 5.74) is 0.447. The molecule has 2 saturated heterocycles. The highest BCUT2D eigenvalue weighted by Gasteiger charge is 2.43. The molecule has 0 amide bonds. The van der Waals surface area contributed by atoms with Crippen molar-refractivity contribution in [2.45, 2.75) is 51.2 Å². The summed E-state index contributed by atoms with van der Waals surface area (Å²) >= 11 is 0. The highest BCUT2D eigenvalue weighted by molar-refractivity contribution is 4.98. The first kappa shape index (κ1) is 12.3. The Morgan fingerprint density at radius 1 is 1.25 bits per heavy atom. The zero-order valence-electron chi connectivity index (χ0n) is 11.0. The van der Waals surface area contributed by atoms with Crippen LogP contribution in [0.25, 0.3) is 0 Å². The van der Waals surface area contributed by atoms with E-state index in [1.807, 2.05) is 0 Å². The first-order valence-corrected chi connectivity index (χ1v) is 6.68. The lowest BCUT2D eigenvalue weighted by atomic mass is 9.77. The van der Waals surface area contributed by atoms with Gasteiger partial charge in [-0.3, -0.25) is 4.90 Å². The number of rotatable bonds is 2. The summed E-state index contributed by atoms with van der Waals surface area (Å²) in [6.07, 6.45) is 3.63. The molecule has 0 aromatic carbocycles. The molecular weight excluding hydrogens is 200 g/mol. The lowest BCUT2D eigenvalue weighted by Crippen LogP contribution is -2.60. The van der Waals surface area contributed by atoms with Gasteiger partial charge in [-0.05, 0) is 33.1 Å². The normalized spacial score (nSPS) is 36.2. The lowest BCUT2D eigenvalue weighted by Gasteiger charge is -2.52. The van der Waals surface area contributed by atoms with Crippen LogP contribution in [0.5, 0.6) is 0 Å². The second-order valence-electron chi connectivity index (χ2n) is 5.85. The Balaban J connectivity index is 2.10. The lowest BCUT2D eigenvalue weighted by molar-refractivity contribution is -0.124. The molecule has 0 saturated carbocycles. The van der Waals surface area contributed by atoms with E-state index in [1.54, 1.807) is 0 Å². The molecule has 2 fully saturated rings. The number of piperazine rings is 1. The van der Waals surface area contributed by atoms with Crippen LogP contribution >= 0.6 is 0 Å². The SMILES string of the molecule is CCC1(N2CCNCC2)CCOC(C)(C)C1. The molecule has 2 heterocycles. The number of hydrogen-bond acceptors (Lipinski definition) is 3. The van der Waals surface area contributed by atoms with Gasteiger partial charge in [-0.15, -0.1) is 0 Å². The Morgan fingerprint density at radius 2 is 1.94 bits per heavy atom. The summed E-state index contributed by atoms with van der Waals surface area (Å²) < 4.78 is 5.87. The molecule has 1 unspecified atom stereocenters. The van der Waals surface area contributed by atoms with Gasteiger partial charge < -0.3 is 10.1 Å². The van der Waals surface area contributed by atoms with E-state index in [4.69, 9.17) is 4.74 Å². The van der Waals surface area contributed by atoms with Gasteiger partial charge in [0, 0.05) is 38.3 Å². The topological polar surface area (TPSA) is 24.5 Å². The van der Waals surface area contributed by atoms with E-state index in [1.165, 1.54) is 32.4 Å². The molecule has 2 rings (SSSR count). The zero-order chi connectivity index (χ0) is 11.6. The summed E-state index contributed by atoms with van der Waals surface area (Å²) in [4.78, 5) is 2.70. The molecule has 0 aromatic heterocycles. The predicted octanol–water partition coefficient (Wildman–Crippen LogP) is 1.63. The van der Waals surface area contributed by atoms with E-state index in [-0.39, 0.29) is 5.60 Å². The van der Waals surface area contributed by atoms with Gasteiger partial charge in [0.25, 0.3) is 0 Å². The summed E-state index contributed by atoms with van der Waals surface area (Å²) in [6.45, 7) is 12.4. The third-order valence-electron chi connectivity index (χ3n) is 4.26. The molecule has 0 bridgehead atoms. The molecule has 0 aliphatic carbocycles. The molecule has 1 N–H and O–H groups in total. The number of nitrogens with one attached hydrogen (secondary N) is 1. The second-order valence-corrected chi connectivity index (χ2v) is 5.85. The maximum Gasteiger partial charge on any atom is 0.0644 e. The average molecular weight is 226 g/mol. The highest BCUT2D eigenvalue weighted by atomic mass is 16.5. The van der Waals surface area contributed by atoms with Crippen molar-refractivity contribution in [1.29, 1.82) is 0 Å². The smallest absolute Gasteiger partial charge is 0.0644 e. The number of ether oxygens (including phenoxy) is 1. The van der Waals surface area contributed by atoms with Gasteiger partial charge in [0.2, 0.25) is 0 Å². The largest absolute Gasteiger partial charge is 0.375 e. The summed E-state index contributed by atoms with van der Waals surface area (Å²) in [7, 11) is 0. The molecule has 2 aliphatic heterocycles. The molecule has 16 heavy (non-hydrogen) atoms. The van der Waals surface area contributed by atoms with Crippen LogP contribution in [0, 0.1) is 0 Å². The van der Waals surface area contributed by atoms with Crippen molar-refractivity contribution < 1.29 is 4.74 Å². The molecule has 0 aromatic rings. The van der Waals surface area contributed by atoms with Crippen LogP contribution in [0.15, 0.2) is 0 Å². The predicted molar refractivity (Wildman–Crippen MR) is 66.7 cm³/mol. The summed E-state index contributed by atoms with van der Waals surface area (Å²) in [5, 5.41) is 3.44. The third-order valence-corrected chi connectivity index (χ3v) is 4.26. The van der Waals surface area contributed by atoms with E-state index in [0.717, 1.165) is 19.7 Å². The van der Waals surface area contributed by atoms with Gasteiger partial charge in [-0.25, -0.2) is 0 Å². The molecule has 0 radical (unpaired) electrons. The third kappa shape index (κ3) is 2.41. The maximum absolute atomic E-state index is 5.87. The highest BCUT2D eigenvalue weighted by Crippen LogP contribution is 2.38. The van der Waals surface area contributed by atoms with Gasteiger partial charge in [0.1, 0.15) is 0 Å². The fraction of sp³-hybridized carbons (Fsp3) is 1.00. The second kappa shape index (κ2) is 4.63. The summed E-state index contributed by atoms with van der Waals surface area (Å²) in [5.74, 6) is 0. The Hall–Kier alpha value is -0.120. The molecular formula is C13H26N2O. The minimum atomic E-state index is 0.0547. The van der Waals surface area contributed by atoms with Crippen molar-refractivity contribution in [1.82, 2.24) is 10.2 Å². The van der Waals surface area contributed by atoms with Gasteiger partial charge in [-0.1, -0.05) is 6.92 Å². The number of hydrogen-bond donors (Lipinski definition) is 1. The molecule has 1 atom stereocenters. The van der Waals surface area contributed by atoms with Crippen molar-refractivity contribution in [3.63, 3.8) is 0 Å². The Labute approximate surface area is 99.5 Å². The Morgan fingerprint density at radius 3 is 2.50 bits per heavy atom. The van der Waals surface area contributed by atoms with E-state index in [9.17, 15) is 0 Å². The molecule has 2 aliphatic rings. The zero-order valence-corrected chi connectivity index (χ0v) is 11.0. The van der Waals surface area contributed by atoms with Crippen LogP contribution in [-0.2, 0) is 4.74 Å². The van der Waals surface area contributed by atoms with E-state index >= 15 is 0 Å². The quantitative estimate of drug-likeness (QED) is 0.774. The van der Waals surface area contributed by atoms with E-state index in [0.29, 0.717) is 5.54 Å². The molecule has 0 spiro atoms. The molecule has 3 heteroatoms. The maximum atomic E-state index is 5.87. The van der Waals surface area contributed by atoms with Crippen LogP contribution in [-0.4, -0.2) is 48.8 Å². The average Bonchev–Trinajstić information content (AvgIpc) is 2.29. The van der Waals surface area contributed by atoms with Crippen molar-refractivity contribution in [2.75, 3.05) is 32.8 Å². The van der Waals surface area contributed by atoms with Gasteiger partial charge >= 0.3 is 0 Å². The fourth-order valence-electron chi connectivity index (χ4n) is 3.38. The van der Waals surface area contributed by atoms with Gasteiger partial charge in [-0.2, -0.15) is 0 Å². The first-order chi connectivity index (χ1) is 7.58. The van der Waals surface area contributed by atoms with Crippen LogP contribution in [0.3, 0.4) is 0 Å². The van der Waals surface area contributed by atoms with E-state index < -0.39 is 0 Å². The van der Waals surface area contributed by atoms with Crippen LogP contribution < -0.4 is 5.32 Å². The van der Waals surface area contributed by atoms with Crippen molar-refractivity contribution >= 4 is 0 Å². The Kier molecular flexibility index (Phi) is 3.57.